The van der Waals surface area contributed by atoms with Gasteiger partial charge in [-0.1, -0.05) is 5.16 Å². The molecule has 3 aromatic rings. The van der Waals surface area contributed by atoms with Crippen LogP contribution in [0.2, 0.25) is 0 Å². The van der Waals surface area contributed by atoms with E-state index in [2.05, 4.69) is 25.0 Å². The Labute approximate surface area is 94.9 Å². The molecule has 0 fully saturated rings. The van der Waals surface area contributed by atoms with Crippen LogP contribution in [-0.2, 0) is 13.1 Å². The monoisotopic (exact) mass is 235 g/mol. The Bertz CT molecular complexity index is 541. The molecule has 0 aliphatic rings. The van der Waals surface area contributed by atoms with Gasteiger partial charge in [-0.25, -0.2) is 4.98 Å². The molecule has 0 unspecified atom stereocenters. The summed E-state index contributed by atoms with van der Waals surface area (Å²) in [5.74, 6) is 0.654. The number of hydrogen-bond acceptors (Lipinski definition) is 6. The zero-order valence-corrected chi connectivity index (χ0v) is 9.15. The Morgan fingerprint density at radius 3 is 3.25 bits per heavy atom. The van der Waals surface area contributed by atoms with Crippen LogP contribution < -0.4 is 5.32 Å². The largest absolute Gasteiger partial charge is 0.343 e. The molecule has 16 heavy (non-hydrogen) atoms. The maximum Gasteiger partial charge on any atom is 0.213 e. The molecule has 3 aromatic heterocycles. The number of aromatic nitrogens is 4. The van der Waals surface area contributed by atoms with Gasteiger partial charge in [0.15, 0.2) is 10.8 Å². The summed E-state index contributed by atoms with van der Waals surface area (Å²) in [5.41, 5.74) is 1.01. The molecule has 6 nitrogen and oxygen atoms in total. The molecule has 0 radical (unpaired) electrons. The van der Waals surface area contributed by atoms with E-state index in [1.54, 1.807) is 11.3 Å². The molecule has 0 amide bonds. The Kier molecular flexibility index (Phi) is 2.39. The van der Waals surface area contributed by atoms with Crippen LogP contribution >= 0.6 is 11.3 Å². The average Bonchev–Trinajstić information content (AvgIpc) is 2.91. The quantitative estimate of drug-likeness (QED) is 0.732. The lowest BCUT2D eigenvalue weighted by atomic mass is 10.4. The van der Waals surface area contributed by atoms with E-state index in [0.29, 0.717) is 18.9 Å². The molecule has 1 N–H and O–H groups in total. The first kappa shape index (κ1) is 9.49. The van der Waals surface area contributed by atoms with Crippen LogP contribution in [0.4, 0.5) is 0 Å². The fourth-order valence-electron chi connectivity index (χ4n) is 1.43. The van der Waals surface area contributed by atoms with Crippen LogP contribution in [0, 0.1) is 0 Å². The molecule has 3 rings (SSSR count). The molecule has 0 aromatic carbocycles. The minimum atomic E-state index is 0.585. The topological polar surface area (TPSA) is 68.2 Å². The van der Waals surface area contributed by atoms with E-state index >= 15 is 0 Å². The second-order valence-corrected chi connectivity index (χ2v) is 4.15. The van der Waals surface area contributed by atoms with Gasteiger partial charge >= 0.3 is 0 Å². The van der Waals surface area contributed by atoms with Crippen LogP contribution in [0.5, 0.6) is 0 Å². The van der Waals surface area contributed by atoms with Gasteiger partial charge in [0, 0.05) is 24.3 Å². The van der Waals surface area contributed by atoms with Crippen molar-refractivity contribution in [1.29, 1.82) is 0 Å². The van der Waals surface area contributed by atoms with Crippen molar-refractivity contribution in [2.45, 2.75) is 13.1 Å². The smallest absolute Gasteiger partial charge is 0.213 e. The number of nitrogens with one attached hydrogen (secondary N) is 1. The third-order valence-electron chi connectivity index (χ3n) is 2.14. The van der Waals surface area contributed by atoms with Gasteiger partial charge in [-0.3, -0.25) is 4.40 Å². The normalized spacial score (nSPS) is 11.2. The summed E-state index contributed by atoms with van der Waals surface area (Å²) in [6.07, 6.45) is 5.33. The molecule has 0 atom stereocenters. The van der Waals surface area contributed by atoms with Crippen molar-refractivity contribution in [3.05, 3.63) is 35.7 Å². The molecule has 0 bridgehead atoms. The van der Waals surface area contributed by atoms with Gasteiger partial charge in [0.05, 0.1) is 12.2 Å². The Morgan fingerprint density at radius 2 is 2.44 bits per heavy atom. The van der Waals surface area contributed by atoms with Crippen LogP contribution in [-0.4, -0.2) is 19.5 Å². The molecule has 82 valence electrons. The van der Waals surface area contributed by atoms with Gasteiger partial charge in [0.25, 0.3) is 0 Å². The summed E-state index contributed by atoms with van der Waals surface area (Å²) in [7, 11) is 0. The second kappa shape index (κ2) is 4.03. The third kappa shape index (κ3) is 1.82. The second-order valence-electron chi connectivity index (χ2n) is 3.28. The van der Waals surface area contributed by atoms with E-state index in [9.17, 15) is 0 Å². The maximum absolute atomic E-state index is 4.63. The number of nitrogens with zero attached hydrogens (tertiary/aromatic N) is 4. The molecule has 0 aliphatic heterocycles. The zero-order valence-electron chi connectivity index (χ0n) is 8.33. The van der Waals surface area contributed by atoms with Gasteiger partial charge in [0.2, 0.25) is 6.39 Å². The first-order valence-corrected chi connectivity index (χ1v) is 5.67. The third-order valence-corrected chi connectivity index (χ3v) is 2.91. The first-order chi connectivity index (χ1) is 7.92. The molecule has 0 spiro atoms. The predicted octanol–water partition coefficient (Wildman–Crippen LogP) is 1.07. The van der Waals surface area contributed by atoms with Crippen molar-refractivity contribution in [1.82, 2.24) is 24.8 Å². The predicted molar refractivity (Wildman–Crippen MR) is 57.9 cm³/mol. The van der Waals surface area contributed by atoms with E-state index in [1.165, 1.54) is 6.39 Å². The minimum Gasteiger partial charge on any atom is -0.343 e. The standard InChI is InChI=1S/C9H9N5OS/c1-2-16-9-12-7(5-14(1)9)3-10-4-8-11-6-15-13-8/h1-2,5-6,10H,3-4H2. The highest BCUT2D eigenvalue weighted by atomic mass is 32.1. The molecule has 0 saturated carbocycles. The highest BCUT2D eigenvalue weighted by Gasteiger charge is 2.02. The number of rotatable bonds is 4. The van der Waals surface area contributed by atoms with E-state index in [4.69, 9.17) is 0 Å². The summed E-state index contributed by atoms with van der Waals surface area (Å²) in [4.78, 5) is 9.37. The van der Waals surface area contributed by atoms with Crippen LogP contribution in [0.25, 0.3) is 4.96 Å². The highest BCUT2D eigenvalue weighted by molar-refractivity contribution is 7.15. The number of thiazole rings is 1. The summed E-state index contributed by atoms with van der Waals surface area (Å²) >= 11 is 1.62. The fraction of sp³-hybridized carbons (Fsp3) is 0.222. The van der Waals surface area contributed by atoms with Crippen molar-refractivity contribution in [2.75, 3.05) is 0 Å². The van der Waals surface area contributed by atoms with E-state index < -0.39 is 0 Å². The van der Waals surface area contributed by atoms with Gasteiger partial charge < -0.3 is 9.84 Å². The molecule has 0 saturated heterocycles. The minimum absolute atomic E-state index is 0.585. The molecular weight excluding hydrogens is 226 g/mol. The summed E-state index contributed by atoms with van der Waals surface area (Å²) < 4.78 is 6.64. The summed E-state index contributed by atoms with van der Waals surface area (Å²) in [6.45, 7) is 1.28. The van der Waals surface area contributed by atoms with Crippen LogP contribution in [0.3, 0.4) is 0 Å². The molecule has 3 heterocycles. The Hall–Kier alpha value is -1.73. The molecule has 0 aliphatic carbocycles. The van der Waals surface area contributed by atoms with Crippen molar-refractivity contribution < 1.29 is 4.52 Å². The number of hydrogen-bond donors (Lipinski definition) is 1. The SMILES string of the molecule is c1nc(CNCc2cn3ccsc3n2)no1. The Morgan fingerprint density at radius 1 is 1.44 bits per heavy atom. The summed E-state index contributed by atoms with van der Waals surface area (Å²) in [6, 6.07) is 0. The van der Waals surface area contributed by atoms with Crippen LogP contribution in [0.15, 0.2) is 28.7 Å². The van der Waals surface area contributed by atoms with E-state index in [0.717, 1.165) is 10.7 Å². The van der Waals surface area contributed by atoms with Crippen molar-refractivity contribution in [3.63, 3.8) is 0 Å². The highest BCUT2D eigenvalue weighted by Crippen LogP contribution is 2.10. The van der Waals surface area contributed by atoms with Crippen molar-refractivity contribution in [3.8, 4) is 0 Å². The van der Waals surface area contributed by atoms with E-state index in [1.807, 2.05) is 22.2 Å². The average molecular weight is 235 g/mol. The maximum atomic E-state index is 4.63. The number of imidazole rings is 1. The molecular formula is C9H9N5OS. The number of fused-ring (bicyclic) bond motifs is 1. The van der Waals surface area contributed by atoms with Crippen molar-refractivity contribution >= 4 is 16.3 Å². The van der Waals surface area contributed by atoms with Gasteiger partial charge in [-0.2, -0.15) is 4.98 Å². The van der Waals surface area contributed by atoms with Crippen LogP contribution in [0.1, 0.15) is 11.5 Å². The lowest BCUT2D eigenvalue weighted by Gasteiger charge is -1.96. The van der Waals surface area contributed by atoms with Gasteiger partial charge in [0.1, 0.15) is 0 Å². The zero-order chi connectivity index (χ0) is 10.8. The summed E-state index contributed by atoms with van der Waals surface area (Å²) in [5, 5.41) is 8.92. The van der Waals surface area contributed by atoms with E-state index in [-0.39, 0.29) is 0 Å². The first-order valence-electron chi connectivity index (χ1n) is 4.79. The van der Waals surface area contributed by atoms with Gasteiger partial charge in [-0.15, -0.1) is 11.3 Å². The van der Waals surface area contributed by atoms with Gasteiger partial charge in [-0.05, 0) is 0 Å². The lowest BCUT2D eigenvalue weighted by molar-refractivity contribution is 0.407. The fourth-order valence-corrected chi connectivity index (χ4v) is 2.15. The Balaban J connectivity index is 1.61. The lowest BCUT2D eigenvalue weighted by Crippen LogP contribution is -2.13. The molecule has 7 heteroatoms. The van der Waals surface area contributed by atoms with Crippen molar-refractivity contribution in [2.24, 2.45) is 0 Å².